The highest BCUT2D eigenvalue weighted by atomic mass is 16.2. The molecule has 0 aliphatic heterocycles. The average Bonchev–Trinajstić information content (AvgIpc) is 3.13. The third kappa shape index (κ3) is 3.50. The smallest absolute Gasteiger partial charge is 0.253 e. The van der Waals surface area contributed by atoms with Crippen molar-refractivity contribution in [3.05, 3.63) is 23.4 Å². The van der Waals surface area contributed by atoms with E-state index in [9.17, 15) is 4.79 Å². The van der Waals surface area contributed by atoms with Crippen LogP contribution < -0.4 is 5.32 Å². The van der Waals surface area contributed by atoms with Crippen molar-refractivity contribution in [3.8, 4) is 0 Å². The maximum absolute atomic E-state index is 12.5. The Labute approximate surface area is 121 Å². The van der Waals surface area contributed by atoms with E-state index in [1.807, 2.05) is 31.0 Å². The molecule has 1 heterocycles. The van der Waals surface area contributed by atoms with Gasteiger partial charge in [0.1, 0.15) is 5.82 Å². The van der Waals surface area contributed by atoms with Crippen molar-refractivity contribution in [2.75, 3.05) is 25.5 Å². The van der Waals surface area contributed by atoms with Gasteiger partial charge in [0.15, 0.2) is 0 Å². The molecule has 2 rings (SSSR count). The Morgan fingerprint density at radius 1 is 1.45 bits per heavy atom. The molecule has 0 aromatic carbocycles. The van der Waals surface area contributed by atoms with Crippen LogP contribution in [-0.4, -0.2) is 35.9 Å². The van der Waals surface area contributed by atoms with Crippen molar-refractivity contribution in [1.29, 1.82) is 0 Å². The number of anilines is 1. The summed E-state index contributed by atoms with van der Waals surface area (Å²) < 4.78 is 0. The van der Waals surface area contributed by atoms with E-state index in [1.165, 1.54) is 6.42 Å². The number of hydrogen-bond acceptors (Lipinski definition) is 3. The van der Waals surface area contributed by atoms with Gasteiger partial charge < -0.3 is 10.2 Å². The fourth-order valence-corrected chi connectivity index (χ4v) is 2.47. The van der Waals surface area contributed by atoms with Crippen LogP contribution in [0.25, 0.3) is 0 Å². The first-order valence-corrected chi connectivity index (χ1v) is 7.55. The summed E-state index contributed by atoms with van der Waals surface area (Å²) in [5.41, 5.74) is 1.70. The highest BCUT2D eigenvalue weighted by molar-refractivity contribution is 5.94. The number of aromatic nitrogens is 1. The van der Waals surface area contributed by atoms with Crippen LogP contribution in [0.5, 0.6) is 0 Å². The lowest BCUT2D eigenvalue weighted by Gasteiger charge is -2.18. The normalized spacial score (nSPS) is 20.6. The van der Waals surface area contributed by atoms with Gasteiger partial charge in [-0.1, -0.05) is 13.8 Å². The third-order valence-electron chi connectivity index (χ3n) is 3.98. The third-order valence-corrected chi connectivity index (χ3v) is 3.98. The fourth-order valence-electron chi connectivity index (χ4n) is 2.47. The van der Waals surface area contributed by atoms with Gasteiger partial charge >= 0.3 is 0 Å². The second-order valence-corrected chi connectivity index (χ2v) is 5.78. The van der Waals surface area contributed by atoms with Gasteiger partial charge in [-0.2, -0.15) is 0 Å². The van der Waals surface area contributed by atoms with Crippen molar-refractivity contribution in [1.82, 2.24) is 9.88 Å². The first kappa shape index (κ1) is 14.8. The number of carbonyl (C=O) groups is 1. The largest absolute Gasteiger partial charge is 0.370 e. The first-order valence-electron chi connectivity index (χ1n) is 7.55. The van der Waals surface area contributed by atoms with E-state index < -0.39 is 0 Å². The predicted octanol–water partition coefficient (Wildman–Crippen LogP) is 2.80. The van der Waals surface area contributed by atoms with Crippen molar-refractivity contribution >= 4 is 11.7 Å². The van der Waals surface area contributed by atoms with Crippen LogP contribution in [0, 0.1) is 11.8 Å². The van der Waals surface area contributed by atoms with Gasteiger partial charge in [-0.25, -0.2) is 4.98 Å². The molecule has 1 aromatic heterocycles. The van der Waals surface area contributed by atoms with Gasteiger partial charge in [0.05, 0.1) is 0 Å². The van der Waals surface area contributed by atoms with Gasteiger partial charge in [0, 0.05) is 31.4 Å². The fraction of sp³-hybridized carbons (Fsp3) is 0.625. The topological polar surface area (TPSA) is 45.2 Å². The number of amides is 1. The van der Waals surface area contributed by atoms with E-state index >= 15 is 0 Å². The molecular formula is C16H25N3O. The molecule has 2 atom stereocenters. The van der Waals surface area contributed by atoms with Crippen LogP contribution in [0.2, 0.25) is 0 Å². The van der Waals surface area contributed by atoms with Crippen molar-refractivity contribution in [2.45, 2.75) is 33.6 Å². The molecule has 1 aliphatic carbocycles. The summed E-state index contributed by atoms with van der Waals surface area (Å²) in [4.78, 5) is 18.8. The SMILES string of the molecule is CCNc1cc(C(=O)N(C)CC2CC2C)cc(CC)n1. The molecule has 110 valence electrons. The molecule has 1 amide bonds. The van der Waals surface area contributed by atoms with Crippen LogP contribution in [-0.2, 0) is 6.42 Å². The number of nitrogens with zero attached hydrogens (tertiary/aromatic N) is 2. The zero-order valence-electron chi connectivity index (χ0n) is 12.9. The van der Waals surface area contributed by atoms with E-state index in [4.69, 9.17) is 0 Å². The molecule has 1 aromatic rings. The van der Waals surface area contributed by atoms with Crippen LogP contribution in [0.15, 0.2) is 12.1 Å². The number of aryl methyl sites for hydroxylation is 1. The van der Waals surface area contributed by atoms with Gasteiger partial charge in [-0.15, -0.1) is 0 Å². The van der Waals surface area contributed by atoms with E-state index in [1.54, 1.807) is 0 Å². The lowest BCUT2D eigenvalue weighted by atomic mass is 10.1. The van der Waals surface area contributed by atoms with Gasteiger partial charge in [0.2, 0.25) is 0 Å². The van der Waals surface area contributed by atoms with Crippen molar-refractivity contribution in [3.63, 3.8) is 0 Å². The Bertz CT molecular complexity index is 487. The number of hydrogen-bond donors (Lipinski definition) is 1. The molecule has 0 spiro atoms. The minimum absolute atomic E-state index is 0.0975. The molecule has 20 heavy (non-hydrogen) atoms. The Hall–Kier alpha value is -1.58. The second-order valence-electron chi connectivity index (χ2n) is 5.78. The molecule has 1 N–H and O–H groups in total. The second kappa shape index (κ2) is 6.25. The number of nitrogens with one attached hydrogen (secondary N) is 1. The van der Waals surface area contributed by atoms with Crippen LogP contribution in [0.1, 0.15) is 43.2 Å². The first-order chi connectivity index (χ1) is 9.55. The summed E-state index contributed by atoms with van der Waals surface area (Å²) in [5.74, 6) is 2.35. The van der Waals surface area contributed by atoms with E-state index in [0.29, 0.717) is 5.92 Å². The number of rotatable bonds is 6. The Morgan fingerprint density at radius 3 is 2.70 bits per heavy atom. The van der Waals surface area contributed by atoms with E-state index in [0.717, 1.165) is 42.5 Å². The van der Waals surface area contributed by atoms with Crippen molar-refractivity contribution < 1.29 is 4.79 Å². The van der Waals surface area contributed by atoms with Crippen LogP contribution in [0.4, 0.5) is 5.82 Å². The molecule has 0 bridgehead atoms. The molecule has 0 saturated heterocycles. The highest BCUT2D eigenvalue weighted by Crippen LogP contribution is 2.38. The molecule has 2 unspecified atom stereocenters. The molecular weight excluding hydrogens is 250 g/mol. The predicted molar refractivity (Wildman–Crippen MR) is 82.0 cm³/mol. The molecule has 1 fully saturated rings. The standard InChI is InChI=1S/C16H25N3O/c1-5-14-8-12(9-15(18-14)17-6-2)16(20)19(4)10-13-7-11(13)3/h8-9,11,13H,5-7,10H2,1-4H3,(H,17,18). The van der Waals surface area contributed by atoms with Crippen LogP contribution >= 0.6 is 0 Å². The molecule has 0 radical (unpaired) electrons. The summed E-state index contributed by atoms with van der Waals surface area (Å²) in [6.45, 7) is 8.00. The summed E-state index contributed by atoms with van der Waals surface area (Å²) in [7, 11) is 1.90. The van der Waals surface area contributed by atoms with Crippen LogP contribution in [0.3, 0.4) is 0 Å². The van der Waals surface area contributed by atoms with E-state index in [2.05, 4.69) is 24.1 Å². The lowest BCUT2D eigenvalue weighted by Crippen LogP contribution is -2.29. The molecule has 4 heteroatoms. The zero-order chi connectivity index (χ0) is 14.7. The van der Waals surface area contributed by atoms with Crippen molar-refractivity contribution in [2.24, 2.45) is 11.8 Å². The quantitative estimate of drug-likeness (QED) is 0.868. The highest BCUT2D eigenvalue weighted by Gasteiger charge is 2.34. The summed E-state index contributed by atoms with van der Waals surface area (Å²) >= 11 is 0. The number of pyridine rings is 1. The van der Waals surface area contributed by atoms with Gasteiger partial charge in [-0.3, -0.25) is 4.79 Å². The Kier molecular flexibility index (Phi) is 4.63. The maximum atomic E-state index is 12.5. The monoisotopic (exact) mass is 275 g/mol. The zero-order valence-corrected chi connectivity index (χ0v) is 12.9. The summed E-state index contributed by atoms with van der Waals surface area (Å²) in [6, 6.07) is 3.77. The molecule has 4 nitrogen and oxygen atoms in total. The average molecular weight is 275 g/mol. The number of carbonyl (C=O) groups excluding carboxylic acids is 1. The molecule has 1 saturated carbocycles. The minimum Gasteiger partial charge on any atom is -0.370 e. The maximum Gasteiger partial charge on any atom is 0.253 e. The summed E-state index contributed by atoms with van der Waals surface area (Å²) in [6.07, 6.45) is 2.08. The molecule has 1 aliphatic rings. The lowest BCUT2D eigenvalue weighted by molar-refractivity contribution is 0.0787. The van der Waals surface area contributed by atoms with E-state index in [-0.39, 0.29) is 5.91 Å². The van der Waals surface area contributed by atoms with Gasteiger partial charge in [-0.05, 0) is 43.7 Å². The van der Waals surface area contributed by atoms with Gasteiger partial charge in [0.25, 0.3) is 5.91 Å². The minimum atomic E-state index is 0.0975. The Morgan fingerprint density at radius 2 is 2.15 bits per heavy atom. The Balaban J connectivity index is 2.12. The summed E-state index contributed by atoms with van der Waals surface area (Å²) in [5, 5.41) is 3.19.